The van der Waals surface area contributed by atoms with E-state index < -0.39 is 0 Å². The van der Waals surface area contributed by atoms with Gasteiger partial charge in [0.05, 0.1) is 18.0 Å². The number of carbonyl (C=O) groups excluding carboxylic acids is 1. The van der Waals surface area contributed by atoms with Gasteiger partial charge in [-0.25, -0.2) is 0 Å². The number of benzene rings is 2. The number of methoxy groups -OCH3 is 1. The molecule has 0 unspecified atom stereocenters. The first kappa shape index (κ1) is 22.1. The highest BCUT2D eigenvalue weighted by Gasteiger charge is 2.19. The molecule has 6 nitrogen and oxygen atoms in total. The predicted octanol–water partition coefficient (Wildman–Crippen LogP) is 4.91. The second-order valence-electron chi connectivity index (χ2n) is 6.89. The number of ether oxygens (including phenoxy) is 1. The van der Waals surface area contributed by atoms with E-state index in [1.807, 2.05) is 56.3 Å². The SMILES string of the molecule is COc1ccccc1Nc1nnc(S[C@H](C)C(=O)N[C@H](C)CCc2ccccc2)s1. The zero-order valence-electron chi connectivity index (χ0n) is 17.3. The van der Waals surface area contributed by atoms with Crippen LogP contribution in [0, 0.1) is 0 Å². The summed E-state index contributed by atoms with van der Waals surface area (Å²) in [6, 6.07) is 18.0. The van der Waals surface area contributed by atoms with Gasteiger partial charge in [-0.3, -0.25) is 4.79 Å². The van der Waals surface area contributed by atoms with E-state index in [4.69, 9.17) is 4.74 Å². The average Bonchev–Trinajstić information content (AvgIpc) is 3.20. The molecule has 0 aliphatic carbocycles. The second-order valence-corrected chi connectivity index (χ2v) is 9.46. The van der Waals surface area contributed by atoms with Gasteiger partial charge in [0.1, 0.15) is 5.75 Å². The molecule has 2 aromatic carbocycles. The van der Waals surface area contributed by atoms with Crippen molar-refractivity contribution in [3.05, 3.63) is 60.2 Å². The third kappa shape index (κ3) is 6.47. The van der Waals surface area contributed by atoms with E-state index in [1.54, 1.807) is 7.11 Å². The van der Waals surface area contributed by atoms with Crippen LogP contribution >= 0.6 is 23.1 Å². The molecule has 0 aliphatic heterocycles. The molecular formula is C22H26N4O2S2. The van der Waals surface area contributed by atoms with Crippen molar-refractivity contribution in [3.8, 4) is 5.75 Å². The van der Waals surface area contributed by atoms with Crippen LogP contribution in [0.4, 0.5) is 10.8 Å². The van der Waals surface area contributed by atoms with Gasteiger partial charge in [-0.05, 0) is 44.4 Å². The van der Waals surface area contributed by atoms with E-state index in [0.29, 0.717) is 5.13 Å². The van der Waals surface area contributed by atoms with Crippen molar-refractivity contribution in [2.24, 2.45) is 0 Å². The van der Waals surface area contributed by atoms with Crippen LogP contribution < -0.4 is 15.4 Å². The number of anilines is 2. The number of para-hydroxylation sites is 2. The number of aryl methyl sites for hydroxylation is 1. The van der Waals surface area contributed by atoms with Crippen LogP contribution in [-0.2, 0) is 11.2 Å². The van der Waals surface area contributed by atoms with Gasteiger partial charge in [0.25, 0.3) is 0 Å². The predicted molar refractivity (Wildman–Crippen MR) is 124 cm³/mol. The van der Waals surface area contributed by atoms with Gasteiger partial charge < -0.3 is 15.4 Å². The first-order valence-electron chi connectivity index (χ1n) is 9.79. The lowest BCUT2D eigenvalue weighted by Crippen LogP contribution is -2.37. The number of nitrogens with one attached hydrogen (secondary N) is 2. The van der Waals surface area contributed by atoms with Crippen molar-refractivity contribution in [2.45, 2.75) is 42.3 Å². The third-order valence-corrected chi connectivity index (χ3v) is 6.52. The molecule has 3 rings (SSSR count). The Morgan fingerprint density at radius 3 is 2.60 bits per heavy atom. The maximum absolute atomic E-state index is 12.5. The Bertz CT molecular complexity index is 949. The lowest BCUT2D eigenvalue weighted by atomic mass is 10.1. The van der Waals surface area contributed by atoms with E-state index in [9.17, 15) is 4.79 Å². The van der Waals surface area contributed by atoms with E-state index >= 15 is 0 Å². The molecule has 8 heteroatoms. The molecule has 3 aromatic rings. The Morgan fingerprint density at radius 1 is 1.10 bits per heavy atom. The third-order valence-electron chi connectivity index (χ3n) is 4.50. The maximum atomic E-state index is 12.5. The Morgan fingerprint density at radius 2 is 1.83 bits per heavy atom. The number of hydrogen-bond donors (Lipinski definition) is 2. The number of aromatic nitrogens is 2. The highest BCUT2D eigenvalue weighted by molar-refractivity contribution is 8.02. The van der Waals surface area contributed by atoms with E-state index in [2.05, 4.69) is 33.0 Å². The van der Waals surface area contributed by atoms with Crippen LogP contribution in [0.5, 0.6) is 5.75 Å². The molecule has 0 spiro atoms. The van der Waals surface area contributed by atoms with Gasteiger partial charge in [0.2, 0.25) is 11.0 Å². The van der Waals surface area contributed by atoms with Crippen molar-refractivity contribution >= 4 is 39.8 Å². The highest BCUT2D eigenvalue weighted by atomic mass is 32.2. The number of carbonyl (C=O) groups is 1. The fourth-order valence-corrected chi connectivity index (χ4v) is 4.75. The van der Waals surface area contributed by atoms with Crippen LogP contribution in [0.3, 0.4) is 0 Å². The zero-order chi connectivity index (χ0) is 21.3. The highest BCUT2D eigenvalue weighted by Crippen LogP contribution is 2.33. The molecule has 0 aliphatic rings. The number of hydrogen-bond acceptors (Lipinski definition) is 7. The first-order valence-corrected chi connectivity index (χ1v) is 11.5. The molecule has 0 fully saturated rings. The summed E-state index contributed by atoms with van der Waals surface area (Å²) in [5, 5.41) is 15.1. The molecule has 0 radical (unpaired) electrons. The summed E-state index contributed by atoms with van der Waals surface area (Å²) in [6.07, 6.45) is 1.84. The molecule has 2 N–H and O–H groups in total. The summed E-state index contributed by atoms with van der Waals surface area (Å²) >= 11 is 2.82. The largest absolute Gasteiger partial charge is 0.495 e. The summed E-state index contributed by atoms with van der Waals surface area (Å²) < 4.78 is 6.08. The van der Waals surface area contributed by atoms with Gasteiger partial charge in [-0.15, -0.1) is 10.2 Å². The molecule has 0 bridgehead atoms. The molecule has 1 heterocycles. The average molecular weight is 443 g/mol. The number of rotatable bonds is 10. The van der Waals surface area contributed by atoms with Gasteiger partial charge in [-0.1, -0.05) is 65.6 Å². The minimum Gasteiger partial charge on any atom is -0.495 e. The fourth-order valence-electron chi connectivity index (χ4n) is 2.84. The van der Waals surface area contributed by atoms with Crippen LogP contribution in [0.1, 0.15) is 25.8 Å². The monoisotopic (exact) mass is 442 g/mol. The van der Waals surface area contributed by atoms with Gasteiger partial charge in [0, 0.05) is 6.04 Å². The van der Waals surface area contributed by atoms with Crippen LogP contribution in [-0.4, -0.2) is 34.5 Å². The Hall–Kier alpha value is -2.58. The normalized spacial score (nSPS) is 12.8. The minimum atomic E-state index is -0.253. The summed E-state index contributed by atoms with van der Waals surface area (Å²) in [4.78, 5) is 12.5. The molecule has 1 aromatic heterocycles. The molecule has 30 heavy (non-hydrogen) atoms. The maximum Gasteiger partial charge on any atom is 0.233 e. The lowest BCUT2D eigenvalue weighted by molar-refractivity contribution is -0.120. The van der Waals surface area contributed by atoms with Gasteiger partial charge >= 0.3 is 0 Å². The fraction of sp³-hybridized carbons (Fsp3) is 0.318. The van der Waals surface area contributed by atoms with Crippen LogP contribution in [0.25, 0.3) is 0 Å². The molecule has 2 atom stereocenters. The summed E-state index contributed by atoms with van der Waals surface area (Å²) in [5.74, 6) is 0.745. The number of amides is 1. The summed E-state index contributed by atoms with van der Waals surface area (Å²) in [7, 11) is 1.63. The zero-order valence-corrected chi connectivity index (χ0v) is 18.9. The van der Waals surface area contributed by atoms with Crippen molar-refractivity contribution in [1.82, 2.24) is 15.5 Å². The molecular weight excluding hydrogens is 416 g/mol. The number of nitrogens with zero attached hydrogens (tertiary/aromatic N) is 2. The topological polar surface area (TPSA) is 76.1 Å². The van der Waals surface area contributed by atoms with Crippen LogP contribution in [0.15, 0.2) is 58.9 Å². The second kappa shape index (κ2) is 11.0. The Kier molecular flexibility index (Phi) is 8.10. The molecule has 0 saturated heterocycles. The van der Waals surface area contributed by atoms with Gasteiger partial charge in [-0.2, -0.15) is 0 Å². The van der Waals surface area contributed by atoms with Crippen molar-refractivity contribution in [1.29, 1.82) is 0 Å². The van der Waals surface area contributed by atoms with Crippen LogP contribution in [0.2, 0.25) is 0 Å². The molecule has 1 amide bonds. The summed E-state index contributed by atoms with van der Waals surface area (Å²) in [6.45, 7) is 3.93. The summed E-state index contributed by atoms with van der Waals surface area (Å²) in [5.41, 5.74) is 2.11. The molecule has 0 saturated carbocycles. The Balaban J connectivity index is 1.48. The van der Waals surface area contributed by atoms with Gasteiger partial charge in [0.15, 0.2) is 4.34 Å². The smallest absolute Gasteiger partial charge is 0.233 e. The first-order chi connectivity index (χ1) is 14.5. The van der Waals surface area contributed by atoms with E-state index in [-0.39, 0.29) is 17.2 Å². The standard InChI is InChI=1S/C22H26N4O2S2/c1-15(13-14-17-9-5-4-6-10-17)23-20(27)16(2)29-22-26-25-21(30-22)24-18-11-7-8-12-19(18)28-3/h4-12,15-16H,13-14H2,1-3H3,(H,23,27)(H,24,25)/t15-,16-/m1/s1. The minimum absolute atomic E-state index is 0.00926. The quantitative estimate of drug-likeness (QED) is 0.435. The Labute approximate surface area is 185 Å². The van der Waals surface area contributed by atoms with Crippen molar-refractivity contribution < 1.29 is 9.53 Å². The van der Waals surface area contributed by atoms with E-state index in [0.717, 1.165) is 28.6 Å². The van der Waals surface area contributed by atoms with Crippen molar-refractivity contribution in [3.63, 3.8) is 0 Å². The van der Waals surface area contributed by atoms with E-state index in [1.165, 1.54) is 28.7 Å². The molecule has 158 valence electrons. The lowest BCUT2D eigenvalue weighted by Gasteiger charge is -2.16. The van der Waals surface area contributed by atoms with Crippen molar-refractivity contribution in [2.75, 3.05) is 12.4 Å². The number of thioether (sulfide) groups is 1.